The molecular formula is C14H16FN3O2S. The number of nitrogens with zero attached hydrogens (tertiary/aromatic N) is 2. The van der Waals surface area contributed by atoms with Crippen molar-refractivity contribution in [1.29, 1.82) is 0 Å². The highest BCUT2D eigenvalue weighted by Crippen LogP contribution is 2.26. The van der Waals surface area contributed by atoms with Gasteiger partial charge in [-0.2, -0.15) is 4.98 Å². The summed E-state index contributed by atoms with van der Waals surface area (Å²) in [5.74, 6) is 1.51. The van der Waals surface area contributed by atoms with Crippen LogP contribution in [0.3, 0.4) is 0 Å². The summed E-state index contributed by atoms with van der Waals surface area (Å²) in [4.78, 5) is 5.24. The van der Waals surface area contributed by atoms with Crippen LogP contribution >= 0.6 is 11.8 Å². The molecule has 2 heterocycles. The summed E-state index contributed by atoms with van der Waals surface area (Å²) in [5.41, 5.74) is 0. The van der Waals surface area contributed by atoms with Crippen LogP contribution in [0, 0.1) is 5.82 Å². The highest BCUT2D eigenvalue weighted by atomic mass is 32.2. The zero-order valence-electron chi connectivity index (χ0n) is 11.6. The second kappa shape index (κ2) is 6.55. The van der Waals surface area contributed by atoms with Gasteiger partial charge in [0.05, 0.1) is 17.9 Å². The van der Waals surface area contributed by atoms with Crippen LogP contribution in [0.4, 0.5) is 4.39 Å². The number of thioether (sulfide) groups is 1. The van der Waals surface area contributed by atoms with Gasteiger partial charge in [0.2, 0.25) is 5.89 Å². The summed E-state index contributed by atoms with van der Waals surface area (Å²) in [6.45, 7) is 0.789. The fourth-order valence-corrected chi connectivity index (χ4v) is 3.03. The Labute approximate surface area is 126 Å². The average Bonchev–Trinajstić information content (AvgIpc) is 3.14. The van der Waals surface area contributed by atoms with Crippen molar-refractivity contribution in [3.63, 3.8) is 0 Å². The molecule has 1 aromatic carbocycles. The van der Waals surface area contributed by atoms with E-state index in [2.05, 4.69) is 15.5 Å². The van der Waals surface area contributed by atoms with Crippen LogP contribution < -0.4 is 5.32 Å². The molecular weight excluding hydrogens is 293 g/mol. The number of rotatable bonds is 5. The standard InChI is InChI=1S/C14H16FN3O2S/c1-19-10-6-12(16-7-10)14-17-13(18-20-14)8-21-11-4-2-3-9(15)5-11/h2-5,10,12,16H,6-8H2,1H3. The van der Waals surface area contributed by atoms with E-state index in [4.69, 9.17) is 9.26 Å². The molecule has 2 unspecified atom stereocenters. The molecule has 1 aromatic heterocycles. The molecule has 2 atom stereocenters. The van der Waals surface area contributed by atoms with Crippen LogP contribution in [0.15, 0.2) is 33.7 Å². The molecule has 0 bridgehead atoms. The van der Waals surface area contributed by atoms with Gasteiger partial charge >= 0.3 is 0 Å². The van der Waals surface area contributed by atoms with Crippen molar-refractivity contribution in [2.24, 2.45) is 0 Å². The van der Waals surface area contributed by atoms with Crippen LogP contribution in [0.25, 0.3) is 0 Å². The van der Waals surface area contributed by atoms with Crippen molar-refractivity contribution < 1.29 is 13.7 Å². The van der Waals surface area contributed by atoms with Gasteiger partial charge in [-0.15, -0.1) is 11.8 Å². The quantitative estimate of drug-likeness (QED) is 0.857. The third kappa shape index (κ3) is 3.61. The number of methoxy groups -OCH3 is 1. The summed E-state index contributed by atoms with van der Waals surface area (Å²) in [7, 11) is 1.70. The van der Waals surface area contributed by atoms with E-state index in [1.54, 1.807) is 13.2 Å². The predicted octanol–water partition coefficient (Wildman–Crippen LogP) is 2.55. The normalized spacial score (nSPS) is 21.8. The molecule has 0 spiro atoms. The van der Waals surface area contributed by atoms with Crippen LogP contribution in [0.1, 0.15) is 24.2 Å². The van der Waals surface area contributed by atoms with Gasteiger partial charge in [-0.3, -0.25) is 0 Å². The van der Waals surface area contributed by atoms with E-state index >= 15 is 0 Å². The smallest absolute Gasteiger partial charge is 0.243 e. The van der Waals surface area contributed by atoms with Crippen LogP contribution in [-0.4, -0.2) is 29.9 Å². The minimum Gasteiger partial charge on any atom is -0.380 e. The SMILES string of the molecule is COC1CNC(c2nc(CSc3cccc(F)c3)no2)C1. The molecule has 3 rings (SSSR count). The monoisotopic (exact) mass is 309 g/mol. The van der Waals surface area contributed by atoms with Crippen molar-refractivity contribution in [3.05, 3.63) is 41.8 Å². The lowest BCUT2D eigenvalue weighted by Gasteiger charge is -2.04. The molecule has 112 valence electrons. The van der Waals surface area contributed by atoms with Crippen molar-refractivity contribution in [2.45, 2.75) is 29.2 Å². The molecule has 1 saturated heterocycles. The van der Waals surface area contributed by atoms with Gasteiger partial charge in [-0.05, 0) is 24.6 Å². The van der Waals surface area contributed by atoms with E-state index in [1.807, 2.05) is 6.07 Å². The Morgan fingerprint density at radius 2 is 2.43 bits per heavy atom. The molecule has 0 radical (unpaired) electrons. The van der Waals surface area contributed by atoms with Crippen molar-refractivity contribution in [1.82, 2.24) is 15.5 Å². The Bertz CT molecular complexity index is 607. The van der Waals surface area contributed by atoms with Gasteiger partial charge in [0, 0.05) is 18.6 Å². The Hall–Kier alpha value is -1.44. The molecule has 0 amide bonds. The van der Waals surface area contributed by atoms with Gasteiger partial charge < -0.3 is 14.6 Å². The minimum absolute atomic E-state index is 0.0513. The first-order chi connectivity index (χ1) is 10.2. The molecule has 2 aromatic rings. The fourth-order valence-electron chi connectivity index (χ4n) is 2.24. The zero-order valence-corrected chi connectivity index (χ0v) is 12.4. The minimum atomic E-state index is -0.241. The van der Waals surface area contributed by atoms with Gasteiger partial charge in [0.25, 0.3) is 0 Å². The summed E-state index contributed by atoms with van der Waals surface area (Å²) >= 11 is 1.48. The van der Waals surface area contributed by atoms with Gasteiger partial charge in [0.15, 0.2) is 5.82 Å². The summed E-state index contributed by atoms with van der Waals surface area (Å²) in [6, 6.07) is 6.51. The van der Waals surface area contributed by atoms with E-state index in [0.717, 1.165) is 17.9 Å². The Morgan fingerprint density at radius 3 is 3.19 bits per heavy atom. The predicted molar refractivity (Wildman–Crippen MR) is 76.4 cm³/mol. The maximum absolute atomic E-state index is 13.1. The first-order valence-electron chi connectivity index (χ1n) is 6.71. The number of hydrogen-bond acceptors (Lipinski definition) is 6. The Morgan fingerprint density at radius 1 is 1.52 bits per heavy atom. The summed E-state index contributed by atoms with van der Waals surface area (Å²) in [6.07, 6.45) is 1.02. The summed E-state index contributed by atoms with van der Waals surface area (Å²) < 4.78 is 23.7. The van der Waals surface area contributed by atoms with E-state index in [1.165, 1.54) is 23.9 Å². The first-order valence-corrected chi connectivity index (χ1v) is 7.70. The third-order valence-corrected chi connectivity index (χ3v) is 4.36. The van der Waals surface area contributed by atoms with E-state index in [-0.39, 0.29) is 18.0 Å². The molecule has 0 saturated carbocycles. The molecule has 1 aliphatic heterocycles. The summed E-state index contributed by atoms with van der Waals surface area (Å²) in [5, 5.41) is 7.26. The molecule has 21 heavy (non-hydrogen) atoms. The van der Waals surface area contributed by atoms with Crippen LogP contribution in [0.2, 0.25) is 0 Å². The van der Waals surface area contributed by atoms with E-state index in [0.29, 0.717) is 17.5 Å². The van der Waals surface area contributed by atoms with Gasteiger partial charge in [0.1, 0.15) is 5.82 Å². The maximum Gasteiger partial charge on any atom is 0.243 e. The molecule has 0 aliphatic carbocycles. The van der Waals surface area contributed by atoms with E-state index < -0.39 is 0 Å². The molecule has 1 N–H and O–H groups in total. The van der Waals surface area contributed by atoms with E-state index in [9.17, 15) is 4.39 Å². The van der Waals surface area contributed by atoms with Crippen molar-refractivity contribution in [2.75, 3.05) is 13.7 Å². The lowest BCUT2D eigenvalue weighted by Crippen LogP contribution is -2.16. The molecule has 5 nitrogen and oxygen atoms in total. The average molecular weight is 309 g/mol. The van der Waals surface area contributed by atoms with Crippen molar-refractivity contribution in [3.8, 4) is 0 Å². The molecule has 7 heteroatoms. The Kier molecular flexibility index (Phi) is 4.52. The first kappa shape index (κ1) is 14.5. The topological polar surface area (TPSA) is 60.2 Å². The highest BCUT2D eigenvalue weighted by molar-refractivity contribution is 7.98. The molecule has 1 aliphatic rings. The highest BCUT2D eigenvalue weighted by Gasteiger charge is 2.29. The second-order valence-electron chi connectivity index (χ2n) is 4.85. The largest absolute Gasteiger partial charge is 0.380 e. The lowest BCUT2D eigenvalue weighted by molar-refractivity contribution is 0.116. The van der Waals surface area contributed by atoms with Crippen molar-refractivity contribution >= 4 is 11.8 Å². The van der Waals surface area contributed by atoms with Crippen LogP contribution in [0.5, 0.6) is 0 Å². The number of benzene rings is 1. The van der Waals surface area contributed by atoms with Gasteiger partial charge in [-0.1, -0.05) is 11.2 Å². The number of nitrogens with one attached hydrogen (secondary N) is 1. The lowest BCUT2D eigenvalue weighted by atomic mass is 10.2. The number of hydrogen-bond donors (Lipinski definition) is 1. The fraction of sp³-hybridized carbons (Fsp3) is 0.429. The maximum atomic E-state index is 13.1. The zero-order chi connectivity index (χ0) is 14.7. The number of halogens is 1. The Balaban J connectivity index is 1.58. The van der Waals surface area contributed by atoms with Crippen LogP contribution in [-0.2, 0) is 10.5 Å². The number of aromatic nitrogens is 2. The number of ether oxygens (including phenoxy) is 1. The third-order valence-electron chi connectivity index (χ3n) is 3.37. The second-order valence-corrected chi connectivity index (χ2v) is 5.90. The van der Waals surface area contributed by atoms with Gasteiger partial charge in [-0.25, -0.2) is 4.39 Å². The molecule has 1 fully saturated rings.